The maximum Gasteiger partial charge on any atom is 0.449 e. The van der Waals surface area contributed by atoms with Crippen LogP contribution in [0.4, 0.5) is 31.1 Å². The van der Waals surface area contributed by atoms with Gasteiger partial charge in [-0.2, -0.15) is 13.2 Å². The molecule has 17 heteroatoms. The van der Waals surface area contributed by atoms with Gasteiger partial charge in [-0.25, -0.2) is 22.9 Å². The number of hydrogen-bond donors (Lipinski definition) is 3. The van der Waals surface area contributed by atoms with Gasteiger partial charge in [-0.05, 0) is 38.8 Å². The molecular weight excluding hydrogens is 580 g/mol. The van der Waals surface area contributed by atoms with Gasteiger partial charge in [0.1, 0.15) is 18.0 Å². The number of rotatable bonds is 8. The van der Waals surface area contributed by atoms with Gasteiger partial charge in [0.05, 0.1) is 12.2 Å². The quantitative estimate of drug-likeness (QED) is 0.309. The number of alkyl halides is 3. The van der Waals surface area contributed by atoms with Crippen LogP contribution in [0.1, 0.15) is 54.8 Å². The van der Waals surface area contributed by atoms with Crippen molar-refractivity contribution in [1.82, 2.24) is 25.1 Å². The molecule has 0 saturated carbocycles. The van der Waals surface area contributed by atoms with Crippen LogP contribution in [-0.2, 0) is 40.0 Å². The first-order valence-electron chi connectivity index (χ1n) is 12.4. The van der Waals surface area contributed by atoms with Gasteiger partial charge in [0, 0.05) is 31.6 Å². The van der Waals surface area contributed by atoms with Crippen LogP contribution >= 0.6 is 0 Å². The molecule has 0 unspecified atom stereocenters. The summed E-state index contributed by atoms with van der Waals surface area (Å²) >= 11 is 0. The molecule has 11 nitrogen and oxygen atoms in total. The first kappa shape index (κ1) is 32.2. The molecule has 1 aliphatic rings. The van der Waals surface area contributed by atoms with Gasteiger partial charge in [-0.15, -0.1) is 0 Å². The monoisotopic (exact) mass is 607 g/mol. The lowest BCUT2D eigenvalue weighted by Gasteiger charge is -2.31. The van der Waals surface area contributed by atoms with Crippen molar-refractivity contribution >= 4 is 23.9 Å². The Hall–Kier alpha value is -4.31. The Morgan fingerprint density at radius 1 is 1.05 bits per heavy atom. The summed E-state index contributed by atoms with van der Waals surface area (Å²) in [6, 6.07) is -0.362. The van der Waals surface area contributed by atoms with E-state index in [-0.39, 0.29) is 17.8 Å². The number of alkyl carbamates (subject to hydrolysis) is 1. The fraction of sp³-hybridized carbons (Fsp3) is 0.480. The van der Waals surface area contributed by atoms with Crippen molar-refractivity contribution in [2.75, 3.05) is 13.1 Å². The predicted octanol–water partition coefficient (Wildman–Crippen LogP) is 3.00. The molecule has 3 rings (SSSR count). The molecule has 3 amide bonds. The Labute approximate surface area is 234 Å². The van der Waals surface area contributed by atoms with Gasteiger partial charge in [0.25, 0.3) is 5.91 Å². The molecule has 1 aromatic carbocycles. The number of ether oxygens (including phenoxy) is 1. The third kappa shape index (κ3) is 8.13. The molecule has 0 radical (unpaired) electrons. The first-order valence-corrected chi connectivity index (χ1v) is 12.4. The normalized spacial score (nSPS) is 14.2. The van der Waals surface area contributed by atoms with E-state index in [2.05, 4.69) is 10.3 Å². The summed E-state index contributed by atoms with van der Waals surface area (Å²) in [5, 5.41) is 13.1. The molecule has 0 saturated heterocycles. The number of benzene rings is 1. The standard InChI is InChI=1S/C25H27F6N5O6/c1-24(2,3)42-23(41)33-13(6-12-7-15(27)16(28)9-14(12)26)8-18(37)35-4-5-36-17(11-35)20(21(40)32-10-19(38)39)34-22(36)25(29,30)31/h7,9,13H,4-6,8,10-11H2,1-3H3,(H,32,40)(H,33,41)(H,38,39)/t13-/m1/s1. The average molecular weight is 608 g/mol. The van der Waals surface area contributed by atoms with E-state index in [0.29, 0.717) is 16.7 Å². The zero-order chi connectivity index (χ0) is 31.6. The van der Waals surface area contributed by atoms with Gasteiger partial charge in [0.15, 0.2) is 17.3 Å². The smallest absolute Gasteiger partial charge is 0.449 e. The number of carbonyl (C=O) groups excluding carboxylic acids is 3. The number of carboxylic acid groups (broad SMARTS) is 1. The second-order valence-corrected chi connectivity index (χ2v) is 10.4. The van der Waals surface area contributed by atoms with Gasteiger partial charge >= 0.3 is 18.2 Å². The molecular formula is C25H27F6N5O6. The number of nitrogens with one attached hydrogen (secondary N) is 2. The van der Waals surface area contributed by atoms with Crippen molar-refractivity contribution in [3.63, 3.8) is 0 Å². The summed E-state index contributed by atoms with van der Waals surface area (Å²) in [6.07, 6.45) is -7.03. The third-order valence-electron chi connectivity index (χ3n) is 5.93. The van der Waals surface area contributed by atoms with E-state index in [9.17, 15) is 45.5 Å². The number of carboxylic acids is 1. The summed E-state index contributed by atoms with van der Waals surface area (Å²) in [6.45, 7) is 2.51. The van der Waals surface area contributed by atoms with E-state index in [1.807, 2.05) is 5.32 Å². The summed E-state index contributed by atoms with van der Waals surface area (Å²) in [5.41, 5.74) is -2.38. The van der Waals surface area contributed by atoms with E-state index in [1.54, 1.807) is 20.8 Å². The van der Waals surface area contributed by atoms with Crippen LogP contribution < -0.4 is 10.6 Å². The van der Waals surface area contributed by atoms with Crippen LogP contribution in [0.3, 0.4) is 0 Å². The van der Waals surface area contributed by atoms with E-state index >= 15 is 0 Å². The first-order chi connectivity index (χ1) is 19.4. The number of fused-ring (bicyclic) bond motifs is 1. The largest absolute Gasteiger partial charge is 0.480 e. The fourth-order valence-corrected chi connectivity index (χ4v) is 4.19. The van der Waals surface area contributed by atoms with Gasteiger partial charge in [-0.1, -0.05) is 0 Å². The Balaban J connectivity index is 1.87. The molecule has 230 valence electrons. The number of carbonyl (C=O) groups is 4. The van der Waals surface area contributed by atoms with Crippen LogP contribution in [0.2, 0.25) is 0 Å². The minimum Gasteiger partial charge on any atom is -0.480 e. The lowest BCUT2D eigenvalue weighted by atomic mass is 10.0. The van der Waals surface area contributed by atoms with Crippen molar-refractivity contribution in [3.8, 4) is 0 Å². The summed E-state index contributed by atoms with van der Waals surface area (Å²) in [7, 11) is 0. The highest BCUT2D eigenvalue weighted by atomic mass is 19.4. The molecule has 1 atom stereocenters. The van der Waals surface area contributed by atoms with Crippen LogP contribution in [0.5, 0.6) is 0 Å². The van der Waals surface area contributed by atoms with Gasteiger partial charge in [-0.3, -0.25) is 14.4 Å². The van der Waals surface area contributed by atoms with Gasteiger partial charge < -0.3 is 29.9 Å². The molecule has 0 aliphatic carbocycles. The number of imidazole rings is 1. The maximum absolute atomic E-state index is 14.4. The Morgan fingerprint density at radius 3 is 2.29 bits per heavy atom. The van der Waals surface area contributed by atoms with E-state index in [1.165, 1.54) is 0 Å². The minimum atomic E-state index is -4.97. The lowest BCUT2D eigenvalue weighted by Crippen LogP contribution is -2.46. The molecule has 0 spiro atoms. The lowest BCUT2D eigenvalue weighted by molar-refractivity contribution is -0.148. The fourth-order valence-electron chi connectivity index (χ4n) is 4.19. The SMILES string of the molecule is CC(C)(C)OC(=O)N[C@@H](CC(=O)N1CCn2c(C(F)(F)F)nc(C(=O)NCC(=O)O)c2C1)Cc1cc(F)c(F)cc1F. The number of aliphatic carboxylic acids is 1. The summed E-state index contributed by atoms with van der Waals surface area (Å²) < 4.78 is 88.3. The zero-order valence-electron chi connectivity index (χ0n) is 22.6. The zero-order valence-corrected chi connectivity index (χ0v) is 22.6. The maximum atomic E-state index is 14.4. The van der Waals surface area contributed by atoms with Crippen molar-refractivity contribution in [2.24, 2.45) is 0 Å². The predicted molar refractivity (Wildman–Crippen MR) is 130 cm³/mol. The molecule has 1 aromatic heterocycles. The van der Waals surface area contributed by atoms with Crippen LogP contribution in [0, 0.1) is 17.5 Å². The second-order valence-electron chi connectivity index (χ2n) is 10.4. The van der Waals surface area contributed by atoms with Crippen molar-refractivity contribution in [3.05, 3.63) is 52.4 Å². The molecule has 3 N–H and O–H groups in total. The summed E-state index contributed by atoms with van der Waals surface area (Å²) in [5.74, 6) is -8.78. The number of halogens is 6. The van der Waals surface area contributed by atoms with Crippen LogP contribution in [0.15, 0.2) is 12.1 Å². The topological polar surface area (TPSA) is 143 Å². The van der Waals surface area contributed by atoms with Crippen LogP contribution in [0.25, 0.3) is 0 Å². The van der Waals surface area contributed by atoms with Gasteiger partial charge in [0.2, 0.25) is 11.7 Å². The van der Waals surface area contributed by atoms with E-state index in [4.69, 9.17) is 9.84 Å². The number of amides is 3. The Bertz CT molecular complexity index is 1390. The Kier molecular flexibility index (Phi) is 9.42. The van der Waals surface area contributed by atoms with E-state index in [0.717, 1.165) is 4.90 Å². The van der Waals surface area contributed by atoms with Crippen LogP contribution in [-0.4, -0.2) is 68.2 Å². The average Bonchev–Trinajstić information content (AvgIpc) is 3.24. The Morgan fingerprint density at radius 2 is 1.69 bits per heavy atom. The molecule has 2 aromatic rings. The minimum absolute atomic E-state index is 0.278. The molecule has 42 heavy (non-hydrogen) atoms. The highest BCUT2D eigenvalue weighted by Gasteiger charge is 2.42. The molecule has 0 bridgehead atoms. The molecule has 0 fully saturated rings. The number of hydrogen-bond acceptors (Lipinski definition) is 6. The molecule has 2 heterocycles. The van der Waals surface area contributed by atoms with E-state index < -0.39 is 103 Å². The third-order valence-corrected chi connectivity index (χ3v) is 5.93. The van der Waals surface area contributed by atoms with Crippen molar-refractivity contribution < 1.29 is 55.4 Å². The highest BCUT2D eigenvalue weighted by Crippen LogP contribution is 2.32. The van der Waals surface area contributed by atoms with Crippen molar-refractivity contribution in [1.29, 1.82) is 0 Å². The second kappa shape index (κ2) is 12.3. The highest BCUT2D eigenvalue weighted by molar-refractivity contribution is 5.95. The summed E-state index contributed by atoms with van der Waals surface area (Å²) in [4.78, 5) is 53.4. The number of aromatic nitrogens is 2. The molecule has 1 aliphatic heterocycles. The van der Waals surface area contributed by atoms with Crippen molar-refractivity contribution in [2.45, 2.75) is 64.5 Å². The number of nitrogens with zero attached hydrogens (tertiary/aromatic N) is 3.